The number of rotatable bonds is 7. The minimum Gasteiger partial charge on any atom is -0.454 e. The number of carbonyl (C=O) groups excluding carboxylic acids is 2. The van der Waals surface area contributed by atoms with Gasteiger partial charge in [0.2, 0.25) is 0 Å². The number of carbonyl (C=O) groups is 2. The number of nitrogens with one attached hydrogen (secondary N) is 2. The van der Waals surface area contributed by atoms with Crippen molar-refractivity contribution in [2.45, 2.75) is 40.8 Å². The lowest BCUT2D eigenvalue weighted by Crippen LogP contribution is -2.21. The summed E-state index contributed by atoms with van der Waals surface area (Å²) in [7, 11) is 1.79. The number of aromatic nitrogens is 6. The number of hydrogen-bond acceptors (Lipinski definition) is 6. The van der Waals surface area contributed by atoms with Crippen LogP contribution in [0.3, 0.4) is 0 Å². The monoisotopic (exact) mass is 528 g/mol. The minimum atomic E-state index is -0.483. The fourth-order valence-corrected chi connectivity index (χ4v) is 3.79. The quantitative estimate of drug-likeness (QED) is 0.377. The number of amides is 2. The molecule has 0 spiro atoms. The summed E-state index contributed by atoms with van der Waals surface area (Å²) < 4.78 is 11.7. The van der Waals surface area contributed by atoms with E-state index in [1.54, 1.807) is 34.7 Å². The smallest absolute Gasteiger partial charge is 0.291 e. The second-order valence-electron chi connectivity index (χ2n) is 7.81. The van der Waals surface area contributed by atoms with Crippen LogP contribution in [0, 0.1) is 20.8 Å². The molecule has 0 saturated heterocycles. The Labute approximate surface area is 204 Å². The molecule has 4 rings (SSSR count). The van der Waals surface area contributed by atoms with Crippen molar-refractivity contribution in [3.63, 3.8) is 0 Å². The van der Waals surface area contributed by atoms with Crippen LogP contribution >= 0.6 is 15.9 Å². The topological polar surface area (TPSA) is 125 Å². The van der Waals surface area contributed by atoms with E-state index in [1.807, 2.05) is 27.7 Å². The molecular weight excluding hydrogens is 504 g/mol. The van der Waals surface area contributed by atoms with E-state index >= 15 is 0 Å². The van der Waals surface area contributed by atoms with E-state index in [2.05, 4.69) is 41.9 Å². The number of halogens is 1. The van der Waals surface area contributed by atoms with Crippen LogP contribution in [0.25, 0.3) is 0 Å². The first kappa shape index (κ1) is 23.5. The fourth-order valence-electron chi connectivity index (χ4n) is 3.50. The van der Waals surface area contributed by atoms with Crippen LogP contribution in [0.15, 0.2) is 33.4 Å². The van der Waals surface area contributed by atoms with Crippen LogP contribution in [0.1, 0.15) is 50.8 Å². The molecule has 4 aromatic heterocycles. The molecule has 0 fully saturated rings. The number of nitrogens with zero attached hydrogens (tertiary/aromatic N) is 6. The van der Waals surface area contributed by atoms with Crippen molar-refractivity contribution in [3.8, 4) is 0 Å². The van der Waals surface area contributed by atoms with Crippen molar-refractivity contribution in [2.24, 2.45) is 7.05 Å². The van der Waals surface area contributed by atoms with Gasteiger partial charge in [0.15, 0.2) is 5.76 Å². The van der Waals surface area contributed by atoms with E-state index in [1.165, 1.54) is 10.9 Å². The van der Waals surface area contributed by atoms with Crippen LogP contribution in [-0.4, -0.2) is 41.2 Å². The zero-order valence-corrected chi connectivity index (χ0v) is 21.1. The summed E-state index contributed by atoms with van der Waals surface area (Å²) in [5.74, 6) is -0.184. The predicted octanol–water partition coefficient (Wildman–Crippen LogP) is 3.67. The van der Waals surface area contributed by atoms with E-state index in [-0.39, 0.29) is 17.1 Å². The van der Waals surface area contributed by atoms with Gasteiger partial charge < -0.3 is 15.1 Å². The van der Waals surface area contributed by atoms with Crippen molar-refractivity contribution in [2.75, 3.05) is 10.6 Å². The van der Waals surface area contributed by atoms with Gasteiger partial charge in [-0.3, -0.25) is 23.6 Å². The van der Waals surface area contributed by atoms with E-state index in [0.717, 1.165) is 21.6 Å². The fraction of sp³-hybridized carbons (Fsp3) is 0.318. The third-order valence-corrected chi connectivity index (χ3v) is 6.72. The average molecular weight is 529 g/mol. The molecule has 0 unspecified atom stereocenters. The highest BCUT2D eigenvalue weighted by Crippen LogP contribution is 2.23. The maximum absolute atomic E-state index is 13.0. The molecule has 0 radical (unpaired) electrons. The van der Waals surface area contributed by atoms with E-state index in [9.17, 15) is 9.59 Å². The number of anilines is 2. The number of hydrogen-bond donors (Lipinski definition) is 2. The Morgan fingerprint density at radius 1 is 1.00 bits per heavy atom. The molecule has 2 amide bonds. The van der Waals surface area contributed by atoms with E-state index < -0.39 is 11.8 Å². The van der Waals surface area contributed by atoms with Crippen LogP contribution < -0.4 is 10.6 Å². The summed E-state index contributed by atoms with van der Waals surface area (Å²) in [5, 5.41) is 18.4. The summed E-state index contributed by atoms with van der Waals surface area (Å²) in [6.45, 7) is 8.41. The van der Waals surface area contributed by atoms with Crippen LogP contribution in [0.4, 0.5) is 11.4 Å². The molecule has 0 saturated carbocycles. The zero-order valence-electron chi connectivity index (χ0n) is 19.5. The Hall–Kier alpha value is -3.67. The van der Waals surface area contributed by atoms with Gasteiger partial charge in [-0.25, -0.2) is 0 Å². The van der Waals surface area contributed by atoms with Crippen molar-refractivity contribution >= 4 is 39.1 Å². The SMILES string of the molecule is CCn1ncc(NC(=O)c2ccc(Cn3nc(C)c(Br)c3C)o2)c1C(=O)Nc1cnn(C)c1C. The Bertz CT molecular complexity index is 1380. The highest BCUT2D eigenvalue weighted by atomic mass is 79.9. The predicted molar refractivity (Wildman–Crippen MR) is 129 cm³/mol. The van der Waals surface area contributed by atoms with Gasteiger partial charge >= 0.3 is 0 Å². The lowest BCUT2D eigenvalue weighted by atomic mass is 10.3. The van der Waals surface area contributed by atoms with Crippen molar-refractivity contribution in [3.05, 3.63) is 63.3 Å². The third-order valence-electron chi connectivity index (χ3n) is 5.57. The van der Waals surface area contributed by atoms with Crippen molar-refractivity contribution in [1.82, 2.24) is 29.3 Å². The van der Waals surface area contributed by atoms with Gasteiger partial charge in [-0.2, -0.15) is 15.3 Å². The van der Waals surface area contributed by atoms with Gasteiger partial charge in [0, 0.05) is 13.6 Å². The van der Waals surface area contributed by atoms with Gasteiger partial charge in [-0.15, -0.1) is 0 Å². The van der Waals surface area contributed by atoms with Gasteiger partial charge in [0.25, 0.3) is 11.8 Å². The number of aryl methyl sites for hydroxylation is 3. The van der Waals surface area contributed by atoms with Gasteiger partial charge in [0.1, 0.15) is 11.5 Å². The van der Waals surface area contributed by atoms with Crippen LogP contribution in [0.5, 0.6) is 0 Å². The van der Waals surface area contributed by atoms with Gasteiger partial charge in [0.05, 0.1) is 51.9 Å². The largest absolute Gasteiger partial charge is 0.454 e. The lowest BCUT2D eigenvalue weighted by molar-refractivity contribution is 0.0994. The molecule has 2 N–H and O–H groups in total. The molecular formula is C22H25BrN8O3. The zero-order chi connectivity index (χ0) is 24.6. The van der Waals surface area contributed by atoms with Crippen LogP contribution in [0.2, 0.25) is 0 Å². The molecule has 0 atom stereocenters. The molecule has 0 aromatic carbocycles. The summed E-state index contributed by atoms with van der Waals surface area (Å²) in [6.07, 6.45) is 3.02. The summed E-state index contributed by atoms with van der Waals surface area (Å²) >= 11 is 3.51. The molecule has 11 nitrogen and oxygen atoms in total. The molecule has 12 heteroatoms. The van der Waals surface area contributed by atoms with Crippen molar-refractivity contribution in [1.29, 1.82) is 0 Å². The Morgan fingerprint density at radius 3 is 2.32 bits per heavy atom. The Kier molecular flexibility index (Phi) is 6.42. The minimum absolute atomic E-state index is 0.120. The van der Waals surface area contributed by atoms with Crippen LogP contribution in [-0.2, 0) is 20.1 Å². The first-order valence-electron chi connectivity index (χ1n) is 10.6. The average Bonchev–Trinajstić information content (AvgIpc) is 3.56. The Morgan fingerprint density at radius 2 is 1.71 bits per heavy atom. The molecule has 4 heterocycles. The normalized spacial score (nSPS) is 11.1. The molecule has 0 aliphatic rings. The van der Waals surface area contributed by atoms with Crippen molar-refractivity contribution < 1.29 is 14.0 Å². The number of furan rings is 1. The highest BCUT2D eigenvalue weighted by Gasteiger charge is 2.23. The summed E-state index contributed by atoms with van der Waals surface area (Å²) in [5.41, 5.74) is 3.75. The molecule has 4 aromatic rings. The standard InChI is InChI=1S/C22H25BrN8O3/c1-6-30-20(22(33)26-16-9-24-29(5)13(16)3)17(10-25-30)27-21(32)18-8-7-15(34-18)11-31-14(4)19(23)12(2)28-31/h7-10H,6,11H2,1-5H3,(H,26,33)(H,27,32). The van der Waals surface area contributed by atoms with Gasteiger partial charge in [-0.1, -0.05) is 0 Å². The first-order valence-corrected chi connectivity index (χ1v) is 11.4. The molecule has 0 aliphatic carbocycles. The molecule has 0 aliphatic heterocycles. The highest BCUT2D eigenvalue weighted by molar-refractivity contribution is 9.10. The summed E-state index contributed by atoms with van der Waals surface area (Å²) in [4.78, 5) is 25.9. The lowest BCUT2D eigenvalue weighted by Gasteiger charge is -2.09. The second kappa shape index (κ2) is 9.29. The molecule has 178 valence electrons. The Balaban J connectivity index is 1.51. The van der Waals surface area contributed by atoms with E-state index in [0.29, 0.717) is 24.5 Å². The molecule has 34 heavy (non-hydrogen) atoms. The third kappa shape index (κ3) is 4.40. The van der Waals surface area contributed by atoms with Gasteiger partial charge in [-0.05, 0) is 55.8 Å². The second-order valence-corrected chi connectivity index (χ2v) is 8.60. The molecule has 0 bridgehead atoms. The summed E-state index contributed by atoms with van der Waals surface area (Å²) in [6, 6.07) is 3.32. The maximum atomic E-state index is 13.0. The first-order chi connectivity index (χ1) is 16.2. The maximum Gasteiger partial charge on any atom is 0.291 e. The van der Waals surface area contributed by atoms with E-state index in [4.69, 9.17) is 4.42 Å².